The number of hydrogen-bond acceptors (Lipinski definition) is 6. The first-order valence-electron chi connectivity index (χ1n) is 10.5. The van der Waals surface area contributed by atoms with E-state index in [4.69, 9.17) is 9.59 Å². The zero-order valence-electron chi connectivity index (χ0n) is 19.2. The van der Waals surface area contributed by atoms with Gasteiger partial charge in [0.2, 0.25) is 12.8 Å². The highest BCUT2D eigenvalue weighted by Crippen LogP contribution is 2.43. The normalized spacial score (nSPS) is 10.3. The lowest BCUT2D eigenvalue weighted by Crippen LogP contribution is -2.07. The number of aromatic carboxylic acids is 4. The number of fused-ring (bicyclic) bond motifs is 2. The molecule has 38 heavy (non-hydrogen) atoms. The average Bonchev–Trinajstić information content (AvgIpc) is 2.86. The maximum atomic E-state index is 11.9. The summed E-state index contributed by atoms with van der Waals surface area (Å²) in [7, 11) is 0. The van der Waals surface area contributed by atoms with Crippen LogP contribution in [0.5, 0.6) is 0 Å². The van der Waals surface area contributed by atoms with Crippen LogP contribution in [0, 0.1) is 0 Å². The summed E-state index contributed by atoms with van der Waals surface area (Å²) >= 11 is 0. The summed E-state index contributed by atoms with van der Waals surface area (Å²) in [6.07, 6.45) is 0.500. The predicted molar refractivity (Wildman–Crippen MR) is 136 cm³/mol. The molecule has 0 radical (unpaired) electrons. The van der Waals surface area contributed by atoms with Crippen LogP contribution in [0.4, 0.5) is 0 Å². The number of carbonyl (C=O) groups is 6. The molecule has 0 unspecified atom stereocenters. The van der Waals surface area contributed by atoms with Gasteiger partial charge < -0.3 is 31.9 Å². The minimum absolute atomic E-state index is 0.0587. The van der Waals surface area contributed by atoms with E-state index >= 15 is 0 Å². The van der Waals surface area contributed by atoms with E-state index in [0.29, 0.717) is 32.3 Å². The molecular weight excluding hydrogens is 500 g/mol. The van der Waals surface area contributed by atoms with Crippen LogP contribution in [0.1, 0.15) is 41.4 Å². The van der Waals surface area contributed by atoms with E-state index in [1.54, 1.807) is 0 Å². The van der Waals surface area contributed by atoms with Gasteiger partial charge in [0.1, 0.15) is 0 Å². The minimum Gasteiger partial charge on any atom is -0.478 e. The Kier molecular flexibility index (Phi) is 7.38. The van der Waals surface area contributed by atoms with E-state index < -0.39 is 23.9 Å². The van der Waals surface area contributed by atoms with Crippen LogP contribution in [0.15, 0.2) is 48.5 Å². The summed E-state index contributed by atoms with van der Waals surface area (Å²) in [5, 5.41) is 41.7. The zero-order chi connectivity index (χ0) is 28.3. The Bertz CT molecular complexity index is 1550. The lowest BCUT2D eigenvalue weighted by Gasteiger charge is -2.18. The van der Waals surface area contributed by atoms with Crippen molar-refractivity contribution in [2.24, 2.45) is 11.5 Å². The van der Waals surface area contributed by atoms with E-state index in [1.807, 2.05) is 0 Å². The molecule has 2 amide bonds. The van der Waals surface area contributed by atoms with Gasteiger partial charge in [-0.05, 0) is 56.6 Å². The van der Waals surface area contributed by atoms with Crippen molar-refractivity contribution in [3.63, 3.8) is 0 Å². The van der Waals surface area contributed by atoms with E-state index in [-0.39, 0.29) is 45.8 Å². The van der Waals surface area contributed by atoms with Crippen molar-refractivity contribution in [2.45, 2.75) is 0 Å². The smallest absolute Gasteiger partial charge is 0.336 e. The second-order valence-electron chi connectivity index (χ2n) is 7.64. The first kappa shape index (κ1) is 26.8. The van der Waals surface area contributed by atoms with Crippen molar-refractivity contribution in [3.8, 4) is 0 Å². The highest BCUT2D eigenvalue weighted by Gasteiger charge is 2.25. The molecule has 5 aromatic carbocycles. The number of carboxylic acids is 4. The van der Waals surface area contributed by atoms with Crippen LogP contribution in [-0.4, -0.2) is 57.1 Å². The zero-order valence-corrected chi connectivity index (χ0v) is 19.2. The van der Waals surface area contributed by atoms with Gasteiger partial charge in [-0.2, -0.15) is 0 Å². The monoisotopic (exact) mass is 518 g/mol. The fourth-order valence-electron chi connectivity index (χ4n) is 4.60. The summed E-state index contributed by atoms with van der Waals surface area (Å²) in [6, 6.07) is 11.4. The molecule has 5 rings (SSSR count). The number of benzene rings is 5. The summed E-state index contributed by atoms with van der Waals surface area (Å²) in [6.45, 7) is 0. The van der Waals surface area contributed by atoms with Crippen molar-refractivity contribution in [1.29, 1.82) is 0 Å². The Labute approximate surface area is 211 Å². The standard InChI is InChI=1S/C24H12O8.2CH3NO/c25-21(26)13-5-1-9-10-2-6-15(23(29)30)20-16(24(31)32)8-4-12(18(10)20)11-3-7-14(22(27)28)19(13)17(9)11;2*2-1-3/h1-8H,(H,25,26)(H,27,28)(H,29,30)(H,31,32);2*1H,(H2,2,3). The van der Waals surface area contributed by atoms with Gasteiger partial charge in [0.25, 0.3) is 0 Å². The number of nitrogens with two attached hydrogens (primary N) is 2. The van der Waals surface area contributed by atoms with Crippen molar-refractivity contribution >= 4 is 79.8 Å². The Balaban J connectivity index is 0.000000611. The van der Waals surface area contributed by atoms with Crippen LogP contribution in [0.25, 0.3) is 43.1 Å². The molecule has 0 aliphatic heterocycles. The van der Waals surface area contributed by atoms with E-state index in [9.17, 15) is 39.6 Å². The van der Waals surface area contributed by atoms with Crippen LogP contribution in [0.3, 0.4) is 0 Å². The minimum atomic E-state index is -1.28. The fourth-order valence-corrected chi connectivity index (χ4v) is 4.60. The van der Waals surface area contributed by atoms with Crippen molar-refractivity contribution < 1.29 is 49.2 Å². The molecule has 0 bridgehead atoms. The third-order valence-electron chi connectivity index (χ3n) is 5.82. The van der Waals surface area contributed by atoms with Crippen LogP contribution in [-0.2, 0) is 9.59 Å². The molecule has 0 saturated carbocycles. The van der Waals surface area contributed by atoms with Gasteiger partial charge in [-0.1, -0.05) is 24.3 Å². The van der Waals surface area contributed by atoms with E-state index in [2.05, 4.69) is 11.5 Å². The number of hydrogen-bond donors (Lipinski definition) is 6. The summed E-state index contributed by atoms with van der Waals surface area (Å²) in [4.78, 5) is 64.6. The lowest BCUT2D eigenvalue weighted by atomic mass is 9.84. The molecule has 0 aromatic heterocycles. The molecule has 5 aromatic rings. The fraction of sp³-hybridized carbons (Fsp3) is 0. The maximum Gasteiger partial charge on any atom is 0.336 e. The maximum absolute atomic E-state index is 11.9. The van der Waals surface area contributed by atoms with Gasteiger partial charge in [-0.15, -0.1) is 0 Å². The molecule has 192 valence electrons. The quantitative estimate of drug-likeness (QED) is 0.115. The van der Waals surface area contributed by atoms with Crippen LogP contribution < -0.4 is 11.5 Å². The second-order valence-corrected chi connectivity index (χ2v) is 7.64. The Morgan fingerprint density at radius 1 is 0.447 bits per heavy atom. The largest absolute Gasteiger partial charge is 0.478 e. The molecule has 0 atom stereocenters. The SMILES string of the molecule is NC=O.NC=O.O=C(O)c1ccc2c3ccc(C(=O)O)c4c(C(=O)O)ccc(c5ccc(C(=O)O)c1c25)c43. The summed E-state index contributed by atoms with van der Waals surface area (Å²) < 4.78 is 0. The highest BCUT2D eigenvalue weighted by atomic mass is 16.4. The highest BCUT2D eigenvalue weighted by molar-refractivity contribution is 6.38. The molecule has 0 fully saturated rings. The van der Waals surface area contributed by atoms with Gasteiger partial charge in [0, 0.05) is 10.8 Å². The molecule has 0 heterocycles. The number of primary amides is 2. The van der Waals surface area contributed by atoms with Crippen molar-refractivity contribution in [1.82, 2.24) is 0 Å². The first-order chi connectivity index (χ1) is 18.0. The lowest BCUT2D eigenvalue weighted by molar-refractivity contribution is -0.107. The molecule has 8 N–H and O–H groups in total. The second kappa shape index (κ2) is 10.5. The third-order valence-corrected chi connectivity index (χ3v) is 5.82. The Hall–Kier alpha value is -5.78. The van der Waals surface area contributed by atoms with Gasteiger partial charge in [0.15, 0.2) is 0 Å². The molecular formula is C26H18N2O10. The predicted octanol–water partition coefficient (Wildman–Crippen LogP) is 2.73. The number of carboxylic acid groups (broad SMARTS) is 4. The van der Waals surface area contributed by atoms with Gasteiger partial charge in [-0.25, -0.2) is 19.2 Å². The van der Waals surface area contributed by atoms with E-state index in [1.165, 1.54) is 48.5 Å². The van der Waals surface area contributed by atoms with Gasteiger partial charge in [-0.3, -0.25) is 9.59 Å². The Morgan fingerprint density at radius 2 is 0.632 bits per heavy atom. The van der Waals surface area contributed by atoms with Crippen LogP contribution >= 0.6 is 0 Å². The Morgan fingerprint density at radius 3 is 0.789 bits per heavy atom. The molecule has 0 spiro atoms. The van der Waals surface area contributed by atoms with Gasteiger partial charge in [0.05, 0.1) is 22.3 Å². The first-order valence-corrected chi connectivity index (χ1v) is 10.5. The van der Waals surface area contributed by atoms with Crippen molar-refractivity contribution in [2.75, 3.05) is 0 Å². The summed E-state index contributed by atoms with van der Waals surface area (Å²) in [5.74, 6) is -5.13. The topological polar surface area (TPSA) is 235 Å². The molecule has 12 heteroatoms. The number of carbonyl (C=O) groups excluding carboxylic acids is 2. The molecule has 0 saturated heterocycles. The van der Waals surface area contributed by atoms with Crippen LogP contribution in [0.2, 0.25) is 0 Å². The third kappa shape index (κ3) is 4.22. The van der Waals surface area contributed by atoms with E-state index in [0.717, 1.165) is 0 Å². The summed E-state index contributed by atoms with van der Waals surface area (Å²) in [5.41, 5.74) is 7.64. The number of amides is 2. The number of rotatable bonds is 4. The molecule has 0 aliphatic carbocycles. The molecule has 0 aliphatic rings. The molecule has 12 nitrogen and oxygen atoms in total. The van der Waals surface area contributed by atoms with Crippen molar-refractivity contribution in [3.05, 3.63) is 70.8 Å². The average molecular weight is 518 g/mol. The van der Waals surface area contributed by atoms with Gasteiger partial charge >= 0.3 is 23.9 Å².